The third kappa shape index (κ3) is 2.73. The van der Waals surface area contributed by atoms with Crippen LogP contribution in [-0.2, 0) is 19.1 Å². The van der Waals surface area contributed by atoms with E-state index in [0.717, 1.165) is 4.91 Å². The highest BCUT2D eigenvalue weighted by atomic mass is 32.2. The van der Waals surface area contributed by atoms with Crippen molar-refractivity contribution in [3.8, 4) is 0 Å². The zero-order valence-corrected chi connectivity index (χ0v) is 12.8. The first-order valence-corrected chi connectivity index (χ1v) is 7.26. The lowest BCUT2D eigenvalue weighted by Crippen LogP contribution is -2.57. The molecule has 2 amide bonds. The smallest absolute Gasteiger partial charge is 0.333 e. The van der Waals surface area contributed by atoms with Crippen molar-refractivity contribution in [3.63, 3.8) is 0 Å². The number of nitrogens with zero attached hydrogens (tertiary/aromatic N) is 1. The molecule has 0 aromatic carbocycles. The van der Waals surface area contributed by atoms with E-state index in [-0.39, 0.29) is 17.9 Å². The predicted molar refractivity (Wildman–Crippen MR) is 78.8 cm³/mol. The van der Waals surface area contributed by atoms with Crippen LogP contribution in [0.2, 0.25) is 0 Å². The number of carbonyl (C=O) groups excluding carboxylic acids is 3. The summed E-state index contributed by atoms with van der Waals surface area (Å²) < 4.78 is 4.78. The van der Waals surface area contributed by atoms with Crippen LogP contribution >= 0.6 is 11.8 Å². The summed E-state index contributed by atoms with van der Waals surface area (Å²) in [5.74, 6) is -0.782. The van der Waals surface area contributed by atoms with E-state index in [0.29, 0.717) is 5.57 Å². The van der Waals surface area contributed by atoms with Crippen LogP contribution in [0.15, 0.2) is 34.2 Å². The Hall–Kier alpha value is -2.02. The fourth-order valence-corrected chi connectivity index (χ4v) is 3.16. The Morgan fingerprint density at radius 1 is 1.48 bits per heavy atom. The molecule has 0 saturated carbocycles. The van der Waals surface area contributed by atoms with E-state index in [9.17, 15) is 14.4 Å². The van der Waals surface area contributed by atoms with Crippen LogP contribution in [0.4, 0.5) is 0 Å². The Balaban J connectivity index is 2.15. The molecule has 2 aliphatic heterocycles. The largest absolute Gasteiger partial charge is 0.467 e. The van der Waals surface area contributed by atoms with Crippen LogP contribution < -0.4 is 5.32 Å². The van der Waals surface area contributed by atoms with Gasteiger partial charge < -0.3 is 15.0 Å². The molecule has 7 heteroatoms. The number of esters is 1. The average Bonchev–Trinajstić information content (AvgIpc) is 2.78. The van der Waals surface area contributed by atoms with Gasteiger partial charge in [0.1, 0.15) is 0 Å². The van der Waals surface area contributed by atoms with Crippen LogP contribution in [0.25, 0.3) is 0 Å². The Morgan fingerprint density at radius 3 is 2.76 bits per heavy atom. The zero-order valence-electron chi connectivity index (χ0n) is 12.0. The van der Waals surface area contributed by atoms with E-state index in [1.165, 1.54) is 36.9 Å². The Bertz CT molecular complexity index is 580. The second kappa shape index (κ2) is 6.17. The molecular formula is C14H16N2O4S. The maximum atomic E-state index is 12.0. The number of rotatable bonds is 4. The van der Waals surface area contributed by atoms with Crippen molar-refractivity contribution in [3.05, 3.63) is 34.2 Å². The number of β-lactam (4-membered cyclic amide) rings is 1. The topological polar surface area (TPSA) is 75.7 Å². The third-order valence-corrected chi connectivity index (χ3v) is 4.17. The lowest BCUT2D eigenvalue weighted by molar-refractivity contribution is -0.152. The van der Waals surface area contributed by atoms with E-state index in [1.807, 2.05) is 6.08 Å². The molecule has 1 saturated heterocycles. The SMILES string of the molecule is C/C=C1/C(=O)N2[C@@H](C(=O)OC)C(S/C=C/NC(C)=O)=C[C@H]12. The molecule has 0 aromatic heterocycles. The van der Waals surface area contributed by atoms with Gasteiger partial charge in [-0.05, 0) is 18.4 Å². The predicted octanol–water partition coefficient (Wildman–Crippen LogP) is 0.923. The molecule has 0 spiro atoms. The number of nitrogens with one attached hydrogen (secondary N) is 1. The van der Waals surface area contributed by atoms with Gasteiger partial charge in [0.2, 0.25) is 5.91 Å². The van der Waals surface area contributed by atoms with Crippen molar-refractivity contribution in [1.82, 2.24) is 10.2 Å². The number of allylic oxidation sites excluding steroid dienone is 1. The number of carbonyl (C=O) groups is 3. The van der Waals surface area contributed by atoms with Crippen molar-refractivity contribution in [2.75, 3.05) is 7.11 Å². The van der Waals surface area contributed by atoms with E-state index < -0.39 is 12.0 Å². The Kier molecular flexibility index (Phi) is 4.52. The normalized spacial score (nSPS) is 25.7. The Labute approximate surface area is 126 Å². The van der Waals surface area contributed by atoms with Gasteiger partial charge in [-0.1, -0.05) is 17.8 Å². The maximum absolute atomic E-state index is 12.0. The first-order chi connectivity index (χ1) is 10.0. The molecule has 2 rings (SSSR count). The molecule has 2 heterocycles. The fourth-order valence-electron chi connectivity index (χ4n) is 2.32. The first-order valence-electron chi connectivity index (χ1n) is 6.38. The van der Waals surface area contributed by atoms with Crippen molar-refractivity contribution in [2.45, 2.75) is 25.9 Å². The number of hydrogen-bond donors (Lipinski definition) is 1. The lowest BCUT2D eigenvalue weighted by atomic mass is 9.96. The average molecular weight is 308 g/mol. The van der Waals surface area contributed by atoms with Gasteiger partial charge in [-0.3, -0.25) is 9.59 Å². The van der Waals surface area contributed by atoms with Crippen LogP contribution in [-0.4, -0.2) is 41.9 Å². The van der Waals surface area contributed by atoms with E-state index in [1.54, 1.807) is 18.4 Å². The third-order valence-electron chi connectivity index (χ3n) is 3.26. The summed E-state index contributed by atoms with van der Waals surface area (Å²) in [7, 11) is 1.30. The molecule has 0 bridgehead atoms. The van der Waals surface area contributed by atoms with Crippen molar-refractivity contribution >= 4 is 29.5 Å². The zero-order chi connectivity index (χ0) is 15.6. The van der Waals surface area contributed by atoms with Crippen LogP contribution in [0.1, 0.15) is 13.8 Å². The van der Waals surface area contributed by atoms with Gasteiger partial charge in [-0.15, -0.1) is 0 Å². The highest BCUT2D eigenvalue weighted by molar-refractivity contribution is 8.05. The lowest BCUT2D eigenvalue weighted by Gasteiger charge is -2.40. The standard InChI is InChI=1S/C14H16N2O4S/c1-4-9-10-7-11(21-6-5-15-8(2)17)12(14(19)20-3)16(10)13(9)18/h4-7,10,12H,1-3H3,(H,15,17)/b6-5+,9-4+/t10-,12-/m1/s1. The van der Waals surface area contributed by atoms with Gasteiger partial charge in [0.25, 0.3) is 5.91 Å². The molecule has 2 atom stereocenters. The van der Waals surface area contributed by atoms with Crippen LogP contribution in [0, 0.1) is 0 Å². The highest BCUT2D eigenvalue weighted by Crippen LogP contribution is 2.42. The number of ether oxygens (including phenoxy) is 1. The summed E-state index contributed by atoms with van der Waals surface area (Å²) in [6.07, 6.45) is 5.13. The number of fused-ring (bicyclic) bond motifs is 1. The highest BCUT2D eigenvalue weighted by Gasteiger charge is 2.52. The minimum absolute atomic E-state index is 0.143. The molecule has 0 radical (unpaired) electrons. The minimum atomic E-state index is -0.705. The molecule has 0 unspecified atom stereocenters. The fraction of sp³-hybridized carbons (Fsp3) is 0.357. The minimum Gasteiger partial charge on any atom is -0.467 e. The van der Waals surface area contributed by atoms with Crippen LogP contribution in [0.5, 0.6) is 0 Å². The molecule has 6 nitrogen and oxygen atoms in total. The summed E-state index contributed by atoms with van der Waals surface area (Å²) in [4.78, 5) is 36.9. The summed E-state index contributed by atoms with van der Waals surface area (Å²) in [6.45, 7) is 3.21. The summed E-state index contributed by atoms with van der Waals surface area (Å²) >= 11 is 1.28. The van der Waals surface area contributed by atoms with Gasteiger partial charge in [0.05, 0.1) is 13.2 Å². The molecule has 0 aliphatic carbocycles. The number of hydrogen-bond acceptors (Lipinski definition) is 5. The second-order valence-corrected chi connectivity index (χ2v) is 5.50. The molecule has 112 valence electrons. The quantitative estimate of drug-likeness (QED) is 0.475. The van der Waals surface area contributed by atoms with E-state index in [4.69, 9.17) is 4.74 Å². The molecule has 0 aromatic rings. The molecule has 1 N–H and O–H groups in total. The second-order valence-electron chi connectivity index (χ2n) is 4.52. The Morgan fingerprint density at radius 2 is 2.19 bits per heavy atom. The number of amides is 2. The summed E-state index contributed by atoms with van der Waals surface area (Å²) in [5, 5.41) is 4.18. The molecule has 2 aliphatic rings. The van der Waals surface area contributed by atoms with E-state index >= 15 is 0 Å². The summed E-state index contributed by atoms with van der Waals surface area (Å²) in [5.41, 5.74) is 0.686. The van der Waals surface area contributed by atoms with E-state index in [2.05, 4.69) is 5.32 Å². The van der Waals surface area contributed by atoms with Gasteiger partial charge in [0, 0.05) is 23.6 Å². The van der Waals surface area contributed by atoms with Crippen molar-refractivity contribution < 1.29 is 19.1 Å². The summed E-state index contributed by atoms with van der Waals surface area (Å²) in [6, 6.07) is -0.869. The monoisotopic (exact) mass is 308 g/mol. The molecular weight excluding hydrogens is 292 g/mol. The van der Waals surface area contributed by atoms with Gasteiger partial charge in [-0.25, -0.2) is 4.79 Å². The molecule has 1 fully saturated rings. The van der Waals surface area contributed by atoms with Crippen molar-refractivity contribution in [2.24, 2.45) is 0 Å². The number of thioether (sulfide) groups is 1. The van der Waals surface area contributed by atoms with Gasteiger partial charge >= 0.3 is 5.97 Å². The van der Waals surface area contributed by atoms with Gasteiger partial charge in [-0.2, -0.15) is 0 Å². The number of methoxy groups -OCH3 is 1. The maximum Gasteiger partial charge on any atom is 0.333 e. The van der Waals surface area contributed by atoms with Crippen molar-refractivity contribution in [1.29, 1.82) is 0 Å². The van der Waals surface area contributed by atoms with Crippen LogP contribution in [0.3, 0.4) is 0 Å². The first kappa shape index (κ1) is 15.4. The molecule has 21 heavy (non-hydrogen) atoms. The van der Waals surface area contributed by atoms with Gasteiger partial charge in [0.15, 0.2) is 6.04 Å².